The van der Waals surface area contributed by atoms with E-state index in [1.807, 2.05) is 19.9 Å². The van der Waals surface area contributed by atoms with Crippen molar-refractivity contribution in [3.63, 3.8) is 0 Å². The number of ether oxygens (including phenoxy) is 1. The van der Waals surface area contributed by atoms with Gasteiger partial charge in [-0.05, 0) is 50.1 Å². The third kappa shape index (κ3) is 3.56. The smallest absolute Gasteiger partial charge is 0.338 e. The lowest BCUT2D eigenvalue weighted by Gasteiger charge is -2.08. The summed E-state index contributed by atoms with van der Waals surface area (Å²) in [6.45, 7) is 5.87. The molecule has 21 heavy (non-hydrogen) atoms. The van der Waals surface area contributed by atoms with Gasteiger partial charge in [0.15, 0.2) is 0 Å². The molecular weight excluding hydrogens is 268 g/mol. The first-order valence-corrected chi connectivity index (χ1v) is 6.83. The molecule has 0 radical (unpaired) electrons. The van der Waals surface area contributed by atoms with Crippen LogP contribution in [0.15, 0.2) is 29.1 Å². The second kappa shape index (κ2) is 6.35. The van der Waals surface area contributed by atoms with Crippen LogP contribution in [0, 0.1) is 13.8 Å². The quantitative estimate of drug-likeness (QED) is 0.874. The van der Waals surface area contributed by atoms with Crippen molar-refractivity contribution in [2.45, 2.75) is 27.2 Å². The lowest BCUT2D eigenvalue weighted by Crippen LogP contribution is -2.15. The zero-order valence-corrected chi connectivity index (χ0v) is 12.4. The average molecular weight is 286 g/mol. The number of carbonyl (C=O) groups excluding carboxylic acids is 1. The molecule has 1 N–H and O–H groups in total. The van der Waals surface area contributed by atoms with Gasteiger partial charge in [0.25, 0.3) is 5.56 Å². The van der Waals surface area contributed by atoms with E-state index < -0.39 is 0 Å². The number of rotatable bonds is 4. The summed E-state index contributed by atoms with van der Waals surface area (Å²) >= 11 is 0. The molecule has 1 aromatic carbocycles. The van der Waals surface area contributed by atoms with E-state index in [4.69, 9.17) is 4.74 Å². The second-order valence-corrected chi connectivity index (χ2v) is 4.90. The van der Waals surface area contributed by atoms with Crippen molar-refractivity contribution in [3.8, 4) is 0 Å². The lowest BCUT2D eigenvalue weighted by molar-refractivity contribution is 0.0526. The molecule has 1 aromatic heterocycles. The highest BCUT2D eigenvalue weighted by Gasteiger charge is 2.10. The number of aromatic amines is 1. The van der Waals surface area contributed by atoms with Crippen LogP contribution in [-0.4, -0.2) is 22.8 Å². The topological polar surface area (TPSA) is 72.0 Å². The van der Waals surface area contributed by atoms with E-state index in [2.05, 4.69) is 10.2 Å². The fraction of sp³-hybridized carbons (Fsp3) is 0.312. The Kier molecular flexibility index (Phi) is 4.52. The molecule has 110 valence electrons. The van der Waals surface area contributed by atoms with Crippen LogP contribution in [0.25, 0.3) is 0 Å². The van der Waals surface area contributed by atoms with E-state index in [9.17, 15) is 9.59 Å². The van der Waals surface area contributed by atoms with Gasteiger partial charge in [0.1, 0.15) is 0 Å². The van der Waals surface area contributed by atoms with Gasteiger partial charge in [-0.3, -0.25) is 4.79 Å². The summed E-state index contributed by atoms with van der Waals surface area (Å²) in [7, 11) is 0. The summed E-state index contributed by atoms with van der Waals surface area (Å²) in [6.07, 6.45) is 0.508. The minimum Gasteiger partial charge on any atom is -0.462 e. The van der Waals surface area contributed by atoms with Gasteiger partial charge in [0.05, 0.1) is 17.9 Å². The van der Waals surface area contributed by atoms with Crippen molar-refractivity contribution in [2.24, 2.45) is 0 Å². The molecule has 2 rings (SSSR count). The van der Waals surface area contributed by atoms with Gasteiger partial charge < -0.3 is 4.74 Å². The monoisotopic (exact) mass is 286 g/mol. The molecule has 0 aliphatic rings. The standard InChI is InChI=1S/C16H18N2O3/c1-4-21-16(20)13-6-5-12(10(2)7-13)9-14-8-11(3)17-18-15(14)19/h5-8H,4,9H2,1-3H3,(H,18,19). The molecule has 1 heterocycles. The Hall–Kier alpha value is -2.43. The number of aryl methyl sites for hydroxylation is 2. The first kappa shape index (κ1) is 15.0. The van der Waals surface area contributed by atoms with Gasteiger partial charge in [0.2, 0.25) is 0 Å². The van der Waals surface area contributed by atoms with Gasteiger partial charge in [0, 0.05) is 12.0 Å². The molecule has 0 amide bonds. The molecule has 0 spiro atoms. The Bertz CT molecular complexity index is 720. The van der Waals surface area contributed by atoms with Crippen LogP contribution >= 0.6 is 0 Å². The molecule has 0 aliphatic heterocycles. The predicted octanol–water partition coefficient (Wildman–Crippen LogP) is 2.15. The van der Waals surface area contributed by atoms with Crippen molar-refractivity contribution in [1.29, 1.82) is 0 Å². The number of nitrogens with one attached hydrogen (secondary N) is 1. The minimum atomic E-state index is -0.329. The predicted molar refractivity (Wildman–Crippen MR) is 79.5 cm³/mol. The van der Waals surface area contributed by atoms with Crippen LogP contribution in [0.3, 0.4) is 0 Å². The van der Waals surface area contributed by atoms with Gasteiger partial charge in [-0.15, -0.1) is 0 Å². The van der Waals surface area contributed by atoms with Gasteiger partial charge in [-0.25, -0.2) is 9.89 Å². The average Bonchev–Trinajstić information content (AvgIpc) is 2.45. The SMILES string of the molecule is CCOC(=O)c1ccc(Cc2cc(C)n[nH]c2=O)c(C)c1. The number of H-pyrrole nitrogens is 1. The van der Waals surface area contributed by atoms with Crippen molar-refractivity contribution in [3.05, 3.63) is 62.6 Å². The van der Waals surface area contributed by atoms with Crippen LogP contribution in [0.5, 0.6) is 0 Å². The maximum Gasteiger partial charge on any atom is 0.338 e. The molecule has 5 heteroatoms. The Morgan fingerprint density at radius 2 is 2.00 bits per heavy atom. The Labute approximate surface area is 123 Å². The van der Waals surface area contributed by atoms with E-state index in [1.54, 1.807) is 25.1 Å². The Balaban J connectivity index is 2.27. The van der Waals surface area contributed by atoms with Crippen molar-refractivity contribution < 1.29 is 9.53 Å². The van der Waals surface area contributed by atoms with Crippen molar-refractivity contribution >= 4 is 5.97 Å². The number of carbonyl (C=O) groups is 1. The minimum absolute atomic E-state index is 0.186. The molecule has 0 saturated carbocycles. The molecule has 0 unspecified atom stereocenters. The third-order valence-electron chi connectivity index (χ3n) is 3.24. The van der Waals surface area contributed by atoms with Crippen LogP contribution in [0.2, 0.25) is 0 Å². The third-order valence-corrected chi connectivity index (χ3v) is 3.24. The lowest BCUT2D eigenvalue weighted by atomic mass is 9.99. The molecule has 2 aromatic rings. The fourth-order valence-electron chi connectivity index (χ4n) is 2.13. The van der Waals surface area contributed by atoms with Gasteiger partial charge >= 0.3 is 5.97 Å². The Morgan fingerprint density at radius 3 is 2.67 bits per heavy atom. The van der Waals surface area contributed by atoms with E-state index >= 15 is 0 Å². The highest BCUT2D eigenvalue weighted by atomic mass is 16.5. The van der Waals surface area contributed by atoms with E-state index in [-0.39, 0.29) is 11.5 Å². The number of benzene rings is 1. The fourth-order valence-corrected chi connectivity index (χ4v) is 2.13. The number of esters is 1. The zero-order chi connectivity index (χ0) is 15.4. The first-order chi connectivity index (χ1) is 10.0. The molecule has 0 bridgehead atoms. The highest BCUT2D eigenvalue weighted by Crippen LogP contribution is 2.15. The van der Waals surface area contributed by atoms with E-state index in [0.29, 0.717) is 24.2 Å². The maximum absolute atomic E-state index is 11.8. The molecular formula is C16H18N2O3. The number of hydrogen-bond donors (Lipinski definition) is 1. The largest absolute Gasteiger partial charge is 0.462 e. The van der Waals surface area contributed by atoms with E-state index in [1.165, 1.54) is 0 Å². The Morgan fingerprint density at radius 1 is 1.24 bits per heavy atom. The highest BCUT2D eigenvalue weighted by molar-refractivity contribution is 5.89. The van der Waals surface area contributed by atoms with Crippen LogP contribution < -0.4 is 5.56 Å². The number of aromatic nitrogens is 2. The van der Waals surface area contributed by atoms with Gasteiger partial charge in [-0.2, -0.15) is 5.10 Å². The number of nitrogens with zero attached hydrogens (tertiary/aromatic N) is 1. The number of hydrogen-bond acceptors (Lipinski definition) is 4. The molecule has 0 aliphatic carbocycles. The van der Waals surface area contributed by atoms with Crippen molar-refractivity contribution in [2.75, 3.05) is 6.61 Å². The summed E-state index contributed by atoms with van der Waals surface area (Å²) < 4.78 is 4.97. The summed E-state index contributed by atoms with van der Waals surface area (Å²) in [5.74, 6) is -0.329. The molecule has 0 atom stereocenters. The molecule has 0 fully saturated rings. The van der Waals surface area contributed by atoms with E-state index in [0.717, 1.165) is 16.8 Å². The summed E-state index contributed by atoms with van der Waals surface area (Å²) in [5, 5.41) is 6.34. The van der Waals surface area contributed by atoms with Crippen LogP contribution in [0.4, 0.5) is 0 Å². The zero-order valence-electron chi connectivity index (χ0n) is 12.4. The normalized spacial score (nSPS) is 10.4. The van der Waals surface area contributed by atoms with Crippen LogP contribution in [-0.2, 0) is 11.2 Å². The second-order valence-electron chi connectivity index (χ2n) is 4.90. The van der Waals surface area contributed by atoms with Crippen molar-refractivity contribution in [1.82, 2.24) is 10.2 Å². The molecule has 0 saturated heterocycles. The van der Waals surface area contributed by atoms with Gasteiger partial charge in [-0.1, -0.05) is 6.07 Å². The maximum atomic E-state index is 11.8. The molecule has 5 nitrogen and oxygen atoms in total. The first-order valence-electron chi connectivity index (χ1n) is 6.83. The summed E-state index contributed by atoms with van der Waals surface area (Å²) in [5.41, 5.74) is 3.72. The summed E-state index contributed by atoms with van der Waals surface area (Å²) in [6, 6.07) is 7.15. The van der Waals surface area contributed by atoms with Crippen LogP contribution in [0.1, 0.15) is 39.7 Å². The summed E-state index contributed by atoms with van der Waals surface area (Å²) in [4.78, 5) is 23.4.